The van der Waals surface area contributed by atoms with Crippen LogP contribution in [0.15, 0.2) is 0 Å². The zero-order valence-corrected chi connectivity index (χ0v) is 14.0. The molecule has 1 aliphatic heterocycles. The first-order valence-corrected chi connectivity index (χ1v) is 8.20. The molecule has 1 fully saturated rings. The van der Waals surface area contributed by atoms with Crippen molar-refractivity contribution in [3.8, 4) is 0 Å². The largest absolute Gasteiger partial charge is 0.395 e. The van der Waals surface area contributed by atoms with Crippen LogP contribution in [0, 0.1) is 13.8 Å². The molecule has 1 aromatic rings. The lowest BCUT2D eigenvalue weighted by Gasteiger charge is -2.38. The van der Waals surface area contributed by atoms with Crippen molar-refractivity contribution in [3.05, 3.63) is 17.0 Å². The van der Waals surface area contributed by atoms with Crippen molar-refractivity contribution in [2.24, 2.45) is 0 Å². The van der Waals surface area contributed by atoms with Crippen molar-refractivity contribution in [1.29, 1.82) is 0 Å². The Morgan fingerprint density at radius 2 is 1.81 bits per heavy atom. The molecule has 1 saturated heterocycles. The smallest absolute Gasteiger partial charge is 0.0641 e. The van der Waals surface area contributed by atoms with Crippen LogP contribution >= 0.6 is 0 Å². The lowest BCUT2D eigenvalue weighted by Crippen LogP contribution is -2.50. The molecule has 0 aliphatic carbocycles. The average molecular weight is 294 g/mol. The fourth-order valence-corrected chi connectivity index (χ4v) is 3.28. The number of aromatic nitrogens is 2. The van der Waals surface area contributed by atoms with Gasteiger partial charge in [-0.2, -0.15) is 5.10 Å². The molecule has 0 saturated carbocycles. The van der Waals surface area contributed by atoms with Gasteiger partial charge in [0.1, 0.15) is 0 Å². The Hall–Kier alpha value is -0.910. The molecule has 1 unspecified atom stereocenters. The van der Waals surface area contributed by atoms with E-state index in [-0.39, 0.29) is 6.61 Å². The second kappa shape index (κ2) is 7.38. The minimum absolute atomic E-state index is 0.276. The number of piperazine rings is 1. The van der Waals surface area contributed by atoms with Gasteiger partial charge >= 0.3 is 0 Å². The van der Waals surface area contributed by atoms with Gasteiger partial charge in [-0.05, 0) is 27.2 Å². The topological polar surface area (TPSA) is 44.5 Å². The zero-order valence-electron chi connectivity index (χ0n) is 14.0. The van der Waals surface area contributed by atoms with Crippen LogP contribution in [-0.2, 0) is 13.1 Å². The number of aliphatic hydroxyl groups excluding tert-OH is 1. The molecule has 1 aromatic heterocycles. The summed E-state index contributed by atoms with van der Waals surface area (Å²) in [5, 5.41) is 14.0. The van der Waals surface area contributed by atoms with E-state index in [1.807, 2.05) is 0 Å². The molecular weight excluding hydrogens is 264 g/mol. The third kappa shape index (κ3) is 3.65. The fraction of sp³-hybridized carbons (Fsp3) is 0.812. The summed E-state index contributed by atoms with van der Waals surface area (Å²) < 4.78 is 2.10. The highest BCUT2D eigenvalue weighted by Gasteiger charge is 2.23. The van der Waals surface area contributed by atoms with Crippen LogP contribution in [0.3, 0.4) is 0 Å². The van der Waals surface area contributed by atoms with E-state index in [0.717, 1.165) is 45.7 Å². The Morgan fingerprint density at radius 1 is 1.14 bits per heavy atom. The first-order chi connectivity index (χ1) is 10.1. The second-order valence-corrected chi connectivity index (χ2v) is 6.02. The van der Waals surface area contributed by atoms with Crippen LogP contribution in [0.2, 0.25) is 0 Å². The van der Waals surface area contributed by atoms with Crippen LogP contribution in [0.4, 0.5) is 0 Å². The minimum Gasteiger partial charge on any atom is -0.395 e. The summed E-state index contributed by atoms with van der Waals surface area (Å²) in [6.45, 7) is 15.1. The molecule has 1 atom stereocenters. The van der Waals surface area contributed by atoms with Crippen LogP contribution in [-0.4, -0.2) is 63.5 Å². The Bertz CT molecular complexity index is 445. The third-order valence-electron chi connectivity index (χ3n) is 4.82. The van der Waals surface area contributed by atoms with Crippen molar-refractivity contribution in [2.75, 3.05) is 32.8 Å². The average Bonchev–Trinajstić information content (AvgIpc) is 2.77. The van der Waals surface area contributed by atoms with Gasteiger partial charge in [0, 0.05) is 56.6 Å². The molecule has 0 aromatic carbocycles. The molecule has 1 aliphatic rings. The molecule has 1 N–H and O–H groups in total. The van der Waals surface area contributed by atoms with E-state index in [2.05, 4.69) is 47.3 Å². The summed E-state index contributed by atoms with van der Waals surface area (Å²) in [6, 6.07) is 0.332. The fourth-order valence-electron chi connectivity index (χ4n) is 3.28. The SMILES string of the molecule is CCC(CO)N1CCN(Cc2c(C)nn(CC)c2C)CC1. The van der Waals surface area contributed by atoms with Gasteiger partial charge in [0.05, 0.1) is 12.3 Å². The summed E-state index contributed by atoms with van der Waals surface area (Å²) in [5.74, 6) is 0. The van der Waals surface area contributed by atoms with Crippen LogP contribution < -0.4 is 0 Å². The number of aliphatic hydroxyl groups is 1. The predicted octanol–water partition coefficient (Wildman–Crippen LogP) is 1.41. The Morgan fingerprint density at radius 3 is 2.29 bits per heavy atom. The summed E-state index contributed by atoms with van der Waals surface area (Å²) in [4.78, 5) is 4.93. The molecule has 0 radical (unpaired) electrons. The number of hydrogen-bond acceptors (Lipinski definition) is 4. The van der Waals surface area contributed by atoms with E-state index in [1.54, 1.807) is 0 Å². The third-order valence-corrected chi connectivity index (χ3v) is 4.82. The Balaban J connectivity index is 1.93. The van der Waals surface area contributed by atoms with Crippen molar-refractivity contribution in [2.45, 2.75) is 53.2 Å². The van der Waals surface area contributed by atoms with Crippen LogP contribution in [0.1, 0.15) is 37.2 Å². The van der Waals surface area contributed by atoms with E-state index >= 15 is 0 Å². The highest BCUT2D eigenvalue weighted by molar-refractivity contribution is 5.24. The van der Waals surface area contributed by atoms with Gasteiger partial charge in [-0.1, -0.05) is 6.92 Å². The first kappa shape index (κ1) is 16.5. The van der Waals surface area contributed by atoms with Gasteiger partial charge in [-0.15, -0.1) is 0 Å². The van der Waals surface area contributed by atoms with E-state index in [4.69, 9.17) is 0 Å². The van der Waals surface area contributed by atoms with E-state index in [0.29, 0.717) is 6.04 Å². The monoisotopic (exact) mass is 294 g/mol. The lowest BCUT2D eigenvalue weighted by molar-refractivity contribution is 0.0607. The van der Waals surface area contributed by atoms with Gasteiger partial charge in [-0.25, -0.2) is 0 Å². The molecule has 2 rings (SSSR count). The quantitative estimate of drug-likeness (QED) is 0.861. The Labute approximate surface area is 128 Å². The van der Waals surface area contributed by atoms with E-state index < -0.39 is 0 Å². The number of nitrogens with zero attached hydrogens (tertiary/aromatic N) is 4. The predicted molar refractivity (Wildman–Crippen MR) is 85.4 cm³/mol. The highest BCUT2D eigenvalue weighted by Crippen LogP contribution is 2.17. The molecule has 5 nitrogen and oxygen atoms in total. The van der Waals surface area contributed by atoms with E-state index in [9.17, 15) is 5.11 Å². The van der Waals surface area contributed by atoms with Gasteiger partial charge in [0.25, 0.3) is 0 Å². The van der Waals surface area contributed by atoms with Crippen molar-refractivity contribution >= 4 is 0 Å². The summed E-state index contributed by atoms with van der Waals surface area (Å²) in [5.41, 5.74) is 3.86. The van der Waals surface area contributed by atoms with Gasteiger partial charge in [-0.3, -0.25) is 14.5 Å². The maximum Gasteiger partial charge on any atom is 0.0641 e. The van der Waals surface area contributed by atoms with Crippen LogP contribution in [0.25, 0.3) is 0 Å². The van der Waals surface area contributed by atoms with Gasteiger partial charge in [0.2, 0.25) is 0 Å². The number of rotatable bonds is 6. The van der Waals surface area contributed by atoms with E-state index in [1.165, 1.54) is 17.0 Å². The summed E-state index contributed by atoms with van der Waals surface area (Å²) in [7, 11) is 0. The molecule has 5 heteroatoms. The molecule has 120 valence electrons. The number of hydrogen-bond donors (Lipinski definition) is 1. The van der Waals surface area contributed by atoms with Crippen molar-refractivity contribution in [1.82, 2.24) is 19.6 Å². The second-order valence-electron chi connectivity index (χ2n) is 6.02. The van der Waals surface area contributed by atoms with Crippen LogP contribution in [0.5, 0.6) is 0 Å². The zero-order chi connectivity index (χ0) is 15.4. The maximum absolute atomic E-state index is 9.42. The minimum atomic E-state index is 0.276. The molecule has 0 bridgehead atoms. The van der Waals surface area contributed by atoms with Crippen molar-refractivity contribution < 1.29 is 5.11 Å². The standard InChI is InChI=1S/C16H30N4O/c1-5-15(12-21)19-9-7-18(8-10-19)11-16-13(3)17-20(6-2)14(16)4/h15,21H,5-12H2,1-4H3. The number of aryl methyl sites for hydroxylation is 2. The van der Waals surface area contributed by atoms with Gasteiger partial charge < -0.3 is 5.11 Å². The molecule has 0 spiro atoms. The molecule has 0 amide bonds. The summed E-state index contributed by atoms with van der Waals surface area (Å²) >= 11 is 0. The Kier molecular flexibility index (Phi) is 5.79. The van der Waals surface area contributed by atoms with Gasteiger partial charge in [0.15, 0.2) is 0 Å². The highest BCUT2D eigenvalue weighted by atomic mass is 16.3. The normalized spacial score (nSPS) is 19.1. The van der Waals surface area contributed by atoms with Crippen molar-refractivity contribution in [3.63, 3.8) is 0 Å². The molecule has 2 heterocycles. The molecule has 21 heavy (non-hydrogen) atoms. The maximum atomic E-state index is 9.42. The lowest BCUT2D eigenvalue weighted by atomic mass is 10.1. The molecular formula is C16H30N4O. The first-order valence-electron chi connectivity index (χ1n) is 8.20. The summed E-state index contributed by atoms with van der Waals surface area (Å²) in [6.07, 6.45) is 1.03.